The number of rotatable bonds is 1. The van der Waals surface area contributed by atoms with Gasteiger partial charge in [-0.2, -0.15) is 0 Å². The van der Waals surface area contributed by atoms with Crippen molar-refractivity contribution in [3.8, 4) is 0 Å². The van der Waals surface area contributed by atoms with Gasteiger partial charge >= 0.3 is 12.1 Å². The lowest BCUT2D eigenvalue weighted by atomic mass is 9.97. The number of esters is 1. The summed E-state index contributed by atoms with van der Waals surface area (Å²) in [5.74, 6) is -0.572. The van der Waals surface area contributed by atoms with Gasteiger partial charge in [0.1, 0.15) is 5.60 Å². The Hall–Kier alpha value is -1.46. The summed E-state index contributed by atoms with van der Waals surface area (Å²) in [6, 6.07) is 1.66. The fourth-order valence-electron chi connectivity index (χ4n) is 2.42. The van der Waals surface area contributed by atoms with Crippen LogP contribution < -0.4 is 0 Å². The van der Waals surface area contributed by atoms with E-state index in [-0.39, 0.29) is 16.7 Å². The summed E-state index contributed by atoms with van der Waals surface area (Å²) in [6.07, 6.45) is 0.140. The molecule has 0 aliphatic carbocycles. The third-order valence-corrected chi connectivity index (χ3v) is 4.16. The van der Waals surface area contributed by atoms with Gasteiger partial charge in [-0.1, -0.05) is 23.2 Å². The minimum Gasteiger partial charge on any atom is -0.465 e. The van der Waals surface area contributed by atoms with Crippen LogP contribution in [0.1, 0.15) is 42.3 Å². The van der Waals surface area contributed by atoms with Crippen molar-refractivity contribution in [2.24, 2.45) is 0 Å². The van der Waals surface area contributed by atoms with Gasteiger partial charge in [-0.15, -0.1) is 0 Å². The normalized spacial score (nSPS) is 14.3. The summed E-state index contributed by atoms with van der Waals surface area (Å²) in [4.78, 5) is 25.6. The molecule has 0 spiro atoms. The first-order chi connectivity index (χ1) is 10.6. The van der Waals surface area contributed by atoms with Gasteiger partial charge < -0.3 is 14.4 Å². The second-order valence-electron chi connectivity index (χ2n) is 6.33. The van der Waals surface area contributed by atoms with Crippen molar-refractivity contribution >= 4 is 35.3 Å². The maximum absolute atomic E-state index is 12.2. The molecule has 0 bridgehead atoms. The van der Waals surface area contributed by atoms with Crippen molar-refractivity contribution in [1.82, 2.24) is 4.90 Å². The second kappa shape index (κ2) is 6.57. The first-order valence-electron chi connectivity index (χ1n) is 7.20. The van der Waals surface area contributed by atoms with Crippen molar-refractivity contribution in [3.63, 3.8) is 0 Å². The van der Waals surface area contributed by atoms with Gasteiger partial charge in [0.2, 0.25) is 0 Å². The van der Waals surface area contributed by atoms with E-state index in [9.17, 15) is 9.59 Å². The zero-order valence-corrected chi connectivity index (χ0v) is 15.0. The van der Waals surface area contributed by atoms with Crippen LogP contribution in [0.5, 0.6) is 0 Å². The molecule has 1 aliphatic rings. The second-order valence-corrected chi connectivity index (χ2v) is 7.11. The summed E-state index contributed by atoms with van der Waals surface area (Å²) >= 11 is 12.5. The molecule has 1 aliphatic heterocycles. The Morgan fingerprint density at radius 1 is 1.26 bits per heavy atom. The van der Waals surface area contributed by atoms with Crippen LogP contribution in [0, 0.1) is 0 Å². The van der Waals surface area contributed by atoms with Crippen molar-refractivity contribution in [2.75, 3.05) is 13.7 Å². The van der Waals surface area contributed by atoms with Crippen LogP contribution in [0.4, 0.5) is 4.79 Å². The number of nitrogens with zero attached hydrogens (tertiary/aromatic N) is 1. The molecule has 0 saturated heterocycles. The summed E-state index contributed by atoms with van der Waals surface area (Å²) in [7, 11) is 1.28. The number of carbonyl (C=O) groups is 2. The lowest BCUT2D eigenvalue weighted by molar-refractivity contribution is 0.0223. The predicted molar refractivity (Wildman–Crippen MR) is 88.1 cm³/mol. The minimum atomic E-state index is -0.572. The molecule has 126 valence electrons. The van der Waals surface area contributed by atoms with E-state index in [2.05, 4.69) is 0 Å². The molecule has 0 N–H and O–H groups in total. The van der Waals surface area contributed by atoms with Gasteiger partial charge in [0, 0.05) is 13.1 Å². The van der Waals surface area contributed by atoms with Crippen LogP contribution in [-0.2, 0) is 22.4 Å². The van der Waals surface area contributed by atoms with Gasteiger partial charge in [0.25, 0.3) is 0 Å². The summed E-state index contributed by atoms with van der Waals surface area (Å²) < 4.78 is 10.1. The highest BCUT2D eigenvalue weighted by atomic mass is 35.5. The third-order valence-electron chi connectivity index (χ3n) is 3.45. The van der Waals surface area contributed by atoms with E-state index in [4.69, 9.17) is 32.7 Å². The Labute approximate surface area is 145 Å². The Kier molecular flexibility index (Phi) is 5.11. The highest BCUT2D eigenvalue weighted by Gasteiger charge is 2.29. The lowest BCUT2D eigenvalue weighted by Gasteiger charge is -2.32. The highest BCUT2D eigenvalue weighted by molar-refractivity contribution is 6.40. The molecule has 1 aromatic carbocycles. The Morgan fingerprint density at radius 3 is 2.48 bits per heavy atom. The summed E-state index contributed by atoms with van der Waals surface area (Å²) in [5.41, 5.74) is 1.24. The van der Waals surface area contributed by atoms with Crippen LogP contribution in [0.2, 0.25) is 10.0 Å². The molecule has 7 heteroatoms. The van der Waals surface area contributed by atoms with Crippen LogP contribution >= 0.6 is 23.2 Å². The first-order valence-corrected chi connectivity index (χ1v) is 7.95. The zero-order valence-electron chi connectivity index (χ0n) is 13.5. The van der Waals surface area contributed by atoms with Gasteiger partial charge in [0.05, 0.1) is 22.7 Å². The van der Waals surface area contributed by atoms with Crippen LogP contribution in [0.25, 0.3) is 0 Å². The molecule has 5 nitrogen and oxygen atoms in total. The highest BCUT2D eigenvalue weighted by Crippen LogP contribution is 2.35. The van der Waals surface area contributed by atoms with Gasteiger partial charge in [-0.05, 0) is 44.4 Å². The predicted octanol–water partition coefficient (Wildman–Crippen LogP) is 4.07. The maximum Gasteiger partial charge on any atom is 0.410 e. The minimum absolute atomic E-state index is 0.167. The molecule has 0 saturated carbocycles. The van der Waals surface area contributed by atoms with Crippen LogP contribution in [-0.4, -0.2) is 36.2 Å². The number of ether oxygens (including phenoxy) is 2. The SMILES string of the molecule is COC(=O)c1c(Cl)cc2c(c1Cl)CCN(C(=O)OC(C)(C)C)C2. The van der Waals surface area contributed by atoms with Gasteiger partial charge in [0.15, 0.2) is 0 Å². The number of benzene rings is 1. The smallest absolute Gasteiger partial charge is 0.410 e. The molecular formula is C16H19Cl2NO4. The Balaban J connectivity index is 2.29. The average Bonchev–Trinajstić information content (AvgIpc) is 2.44. The van der Waals surface area contributed by atoms with Crippen molar-refractivity contribution in [1.29, 1.82) is 0 Å². The van der Waals surface area contributed by atoms with Crippen molar-refractivity contribution in [3.05, 3.63) is 32.8 Å². The molecule has 0 unspecified atom stereocenters. The van der Waals surface area contributed by atoms with Crippen LogP contribution in [0.15, 0.2) is 6.07 Å². The number of hydrogen-bond acceptors (Lipinski definition) is 4. The molecular weight excluding hydrogens is 341 g/mol. The monoisotopic (exact) mass is 359 g/mol. The molecule has 1 amide bonds. The van der Waals surface area contributed by atoms with E-state index in [1.807, 2.05) is 20.8 Å². The average molecular weight is 360 g/mol. The third kappa shape index (κ3) is 3.90. The summed E-state index contributed by atoms with van der Waals surface area (Å²) in [6.45, 7) is 6.26. The molecule has 1 heterocycles. The molecule has 2 rings (SSSR count). The zero-order chi connectivity index (χ0) is 17.4. The molecule has 0 atom stereocenters. The Bertz CT molecular complexity index is 652. The van der Waals surface area contributed by atoms with E-state index in [0.29, 0.717) is 24.5 Å². The number of methoxy groups -OCH3 is 1. The Morgan fingerprint density at radius 2 is 1.91 bits per heavy atom. The summed E-state index contributed by atoms with van der Waals surface area (Å²) in [5, 5.41) is 0.509. The van der Waals surface area contributed by atoms with E-state index in [1.165, 1.54) is 7.11 Å². The molecule has 0 radical (unpaired) electrons. The van der Waals surface area contributed by atoms with Gasteiger partial charge in [-0.25, -0.2) is 9.59 Å². The fraction of sp³-hybridized carbons (Fsp3) is 0.500. The van der Waals surface area contributed by atoms with Gasteiger partial charge in [-0.3, -0.25) is 0 Å². The standard InChI is InChI=1S/C16H19Cl2NO4/c1-16(2,3)23-15(21)19-6-5-10-9(8-19)7-11(17)12(13(10)18)14(20)22-4/h7H,5-6,8H2,1-4H3. The topological polar surface area (TPSA) is 55.8 Å². The van der Waals surface area contributed by atoms with Crippen molar-refractivity contribution < 1.29 is 19.1 Å². The number of amides is 1. The lowest BCUT2D eigenvalue weighted by Crippen LogP contribution is -2.40. The number of hydrogen-bond donors (Lipinski definition) is 0. The van der Waals surface area contributed by atoms with E-state index < -0.39 is 11.6 Å². The fourth-order valence-corrected chi connectivity index (χ4v) is 3.17. The van der Waals surface area contributed by atoms with E-state index >= 15 is 0 Å². The molecule has 1 aromatic rings. The van der Waals surface area contributed by atoms with E-state index in [0.717, 1.165) is 11.1 Å². The number of halogens is 2. The first kappa shape index (κ1) is 17.9. The number of carbonyl (C=O) groups excluding carboxylic acids is 2. The number of fused-ring (bicyclic) bond motifs is 1. The quantitative estimate of drug-likeness (QED) is 0.709. The van der Waals surface area contributed by atoms with Crippen LogP contribution in [0.3, 0.4) is 0 Å². The largest absolute Gasteiger partial charge is 0.465 e. The van der Waals surface area contributed by atoms with E-state index in [1.54, 1.807) is 11.0 Å². The maximum atomic E-state index is 12.2. The molecule has 0 aromatic heterocycles. The molecule has 23 heavy (non-hydrogen) atoms. The molecule has 0 fully saturated rings. The van der Waals surface area contributed by atoms with Crippen molar-refractivity contribution in [2.45, 2.75) is 39.3 Å².